The van der Waals surface area contributed by atoms with Crippen LogP contribution in [0.3, 0.4) is 0 Å². The lowest BCUT2D eigenvalue weighted by molar-refractivity contribution is -0.386. The van der Waals surface area contributed by atoms with Gasteiger partial charge in [-0.25, -0.2) is 4.79 Å². The van der Waals surface area contributed by atoms with Crippen molar-refractivity contribution in [3.05, 3.63) is 103 Å². The van der Waals surface area contributed by atoms with Gasteiger partial charge in [0.2, 0.25) is 5.91 Å². The summed E-state index contributed by atoms with van der Waals surface area (Å²) in [6.07, 6.45) is 0.964. The topological polar surface area (TPSA) is 155 Å². The molecule has 0 spiro atoms. The van der Waals surface area contributed by atoms with E-state index in [-0.39, 0.29) is 39.3 Å². The molecule has 1 amide bonds. The highest BCUT2D eigenvalue weighted by Crippen LogP contribution is 2.31. The number of ether oxygens (including phenoxy) is 1. The molecule has 3 aromatic rings. The molecule has 0 unspecified atom stereocenters. The number of nitrogens with one attached hydrogen (secondary N) is 1. The molecule has 11 heteroatoms. The number of esters is 1. The van der Waals surface area contributed by atoms with Crippen molar-refractivity contribution in [3.63, 3.8) is 0 Å². The number of anilines is 1. The second-order valence-electron chi connectivity index (χ2n) is 7.28. The number of hydrogen-bond acceptors (Lipinski definition) is 8. The molecule has 34 heavy (non-hydrogen) atoms. The minimum atomic E-state index is -1.11. The van der Waals surface area contributed by atoms with Crippen LogP contribution in [0.4, 0.5) is 11.4 Å². The molecule has 0 fully saturated rings. The number of amides is 1. The largest absolute Gasteiger partial charge is 0.465 e. The molecule has 11 nitrogen and oxygen atoms in total. The van der Waals surface area contributed by atoms with Gasteiger partial charge >= 0.3 is 17.2 Å². The molecule has 0 saturated carbocycles. The predicted molar refractivity (Wildman–Crippen MR) is 117 cm³/mol. The Balaban J connectivity index is 1.69. The van der Waals surface area contributed by atoms with Crippen molar-refractivity contribution in [2.75, 3.05) is 12.4 Å². The highest BCUT2D eigenvalue weighted by molar-refractivity contribution is 6.30. The number of nitrogens with zero attached hydrogens (tertiary/aromatic N) is 2. The lowest BCUT2D eigenvalue weighted by Gasteiger charge is -2.20. The Morgan fingerprint density at radius 2 is 1.65 bits per heavy atom. The Morgan fingerprint density at radius 1 is 1.00 bits per heavy atom. The van der Waals surface area contributed by atoms with E-state index in [1.54, 1.807) is 12.1 Å². The monoisotopic (exact) mass is 461 g/mol. The molecule has 1 heterocycles. The van der Waals surface area contributed by atoms with Crippen molar-refractivity contribution in [1.82, 2.24) is 4.57 Å². The molecular formula is C23H15N3O8. The Kier molecular flexibility index (Phi) is 5.60. The van der Waals surface area contributed by atoms with Crippen molar-refractivity contribution >= 4 is 34.8 Å². The summed E-state index contributed by atoms with van der Waals surface area (Å²) in [7, 11) is 1.06. The highest BCUT2D eigenvalue weighted by Gasteiger charge is 2.31. The minimum Gasteiger partial charge on any atom is -0.465 e. The first kappa shape index (κ1) is 22.3. The molecule has 170 valence electrons. The molecule has 0 saturated heterocycles. The number of hydrogen-bond donors (Lipinski definition) is 1. The van der Waals surface area contributed by atoms with Gasteiger partial charge in [-0.05, 0) is 6.07 Å². The molecule has 4 rings (SSSR count). The molecule has 1 aliphatic rings. The summed E-state index contributed by atoms with van der Waals surface area (Å²) >= 11 is 0. The van der Waals surface area contributed by atoms with Crippen molar-refractivity contribution in [3.8, 4) is 0 Å². The van der Waals surface area contributed by atoms with E-state index in [9.17, 15) is 34.1 Å². The summed E-state index contributed by atoms with van der Waals surface area (Å²) in [4.78, 5) is 73.1. The van der Waals surface area contributed by atoms with Gasteiger partial charge in [-0.3, -0.25) is 33.9 Å². The minimum absolute atomic E-state index is 0.00110. The maximum absolute atomic E-state index is 13.1. The average molecular weight is 461 g/mol. The molecule has 1 aliphatic carbocycles. The molecule has 0 bridgehead atoms. The zero-order valence-electron chi connectivity index (χ0n) is 17.6. The first-order valence-electron chi connectivity index (χ1n) is 9.81. The Morgan fingerprint density at radius 3 is 2.29 bits per heavy atom. The van der Waals surface area contributed by atoms with Crippen molar-refractivity contribution in [2.45, 2.75) is 6.54 Å². The van der Waals surface area contributed by atoms with E-state index in [1.165, 1.54) is 30.3 Å². The van der Waals surface area contributed by atoms with Crippen LogP contribution in [-0.2, 0) is 16.1 Å². The summed E-state index contributed by atoms with van der Waals surface area (Å²) in [5.74, 6) is -2.58. The number of pyridine rings is 1. The van der Waals surface area contributed by atoms with Crippen LogP contribution in [-0.4, -0.2) is 40.0 Å². The fourth-order valence-corrected chi connectivity index (χ4v) is 3.69. The summed E-state index contributed by atoms with van der Waals surface area (Å²) in [5.41, 5.74) is -1.71. The maximum Gasteiger partial charge on any atom is 0.339 e. The molecular weight excluding hydrogens is 446 g/mol. The van der Waals surface area contributed by atoms with Gasteiger partial charge in [-0.1, -0.05) is 36.4 Å². The highest BCUT2D eigenvalue weighted by atomic mass is 16.6. The first-order chi connectivity index (χ1) is 16.2. The number of ketones is 2. The van der Waals surface area contributed by atoms with Crippen molar-refractivity contribution in [2.24, 2.45) is 0 Å². The van der Waals surface area contributed by atoms with E-state index < -0.39 is 40.4 Å². The van der Waals surface area contributed by atoms with Crippen molar-refractivity contribution in [1.29, 1.82) is 0 Å². The van der Waals surface area contributed by atoms with Crippen LogP contribution in [0, 0.1) is 10.1 Å². The summed E-state index contributed by atoms with van der Waals surface area (Å²) in [5, 5.41) is 13.7. The van der Waals surface area contributed by atoms with E-state index in [4.69, 9.17) is 0 Å². The van der Waals surface area contributed by atoms with Crippen LogP contribution >= 0.6 is 0 Å². The first-order valence-corrected chi connectivity index (χ1v) is 9.81. The van der Waals surface area contributed by atoms with E-state index in [1.807, 2.05) is 0 Å². The smallest absolute Gasteiger partial charge is 0.339 e. The third kappa shape index (κ3) is 3.75. The summed E-state index contributed by atoms with van der Waals surface area (Å²) in [6.45, 7) is -0.701. The van der Waals surface area contributed by atoms with E-state index in [2.05, 4.69) is 10.1 Å². The number of carbonyl (C=O) groups excluding carboxylic acids is 4. The van der Waals surface area contributed by atoms with E-state index in [0.29, 0.717) is 4.57 Å². The summed E-state index contributed by atoms with van der Waals surface area (Å²) in [6, 6.07) is 11.4. The molecule has 0 aliphatic heterocycles. The second kappa shape index (κ2) is 8.54. The van der Waals surface area contributed by atoms with Gasteiger partial charge in [-0.15, -0.1) is 0 Å². The molecule has 0 radical (unpaired) electrons. The van der Waals surface area contributed by atoms with Gasteiger partial charge in [-0.2, -0.15) is 0 Å². The Labute approximate surface area is 190 Å². The second-order valence-corrected chi connectivity index (χ2v) is 7.28. The predicted octanol–water partition coefficient (Wildman–Crippen LogP) is 1.96. The number of benzene rings is 2. The van der Waals surface area contributed by atoms with E-state index in [0.717, 1.165) is 19.4 Å². The normalized spacial score (nSPS) is 11.9. The lowest BCUT2D eigenvalue weighted by Crippen LogP contribution is -2.30. The number of rotatable bonds is 5. The van der Waals surface area contributed by atoms with Gasteiger partial charge in [0.1, 0.15) is 6.54 Å². The SMILES string of the molecule is COC(=O)c1cc([N+](=O)[O-])c(=O)n(CC(=O)Nc2cccc3c2C(=O)c2ccccc2C3=O)c1. The molecule has 2 aromatic carbocycles. The zero-order valence-corrected chi connectivity index (χ0v) is 17.6. The summed E-state index contributed by atoms with van der Waals surface area (Å²) < 4.78 is 5.22. The fourth-order valence-electron chi connectivity index (χ4n) is 3.69. The van der Waals surface area contributed by atoms with Gasteiger partial charge in [0, 0.05) is 29.0 Å². The zero-order chi connectivity index (χ0) is 24.6. The van der Waals surface area contributed by atoms with Gasteiger partial charge in [0.05, 0.1) is 28.8 Å². The molecule has 0 atom stereocenters. The third-order valence-electron chi connectivity index (χ3n) is 5.23. The van der Waals surface area contributed by atoms with Crippen LogP contribution in [0.25, 0.3) is 0 Å². The van der Waals surface area contributed by atoms with Crippen molar-refractivity contribution < 1.29 is 28.8 Å². The number of carbonyl (C=O) groups is 4. The van der Waals surface area contributed by atoms with Crippen LogP contribution in [0.2, 0.25) is 0 Å². The van der Waals surface area contributed by atoms with Gasteiger partial charge in [0.25, 0.3) is 0 Å². The number of fused-ring (bicyclic) bond motifs is 2. The maximum atomic E-state index is 13.1. The van der Waals surface area contributed by atoms with Gasteiger partial charge in [0.15, 0.2) is 11.6 Å². The third-order valence-corrected chi connectivity index (χ3v) is 5.23. The Bertz CT molecular complexity index is 1470. The van der Waals surface area contributed by atoms with Crippen LogP contribution < -0.4 is 10.9 Å². The number of methoxy groups -OCH3 is 1. The number of nitro groups is 1. The van der Waals surface area contributed by atoms with Gasteiger partial charge < -0.3 is 10.1 Å². The standard InChI is InChI=1S/C23H15N3O8/c1-34-23(31)12-9-17(26(32)33)22(30)25(10-12)11-18(27)24-16-8-4-7-15-19(16)21(29)14-6-3-2-5-13(14)20(15)28/h2-10H,11H2,1H3,(H,24,27). The molecule has 1 aromatic heterocycles. The van der Waals surface area contributed by atoms with Crippen LogP contribution in [0.1, 0.15) is 42.2 Å². The average Bonchev–Trinajstić information content (AvgIpc) is 2.83. The van der Waals surface area contributed by atoms with Crippen LogP contribution in [0.5, 0.6) is 0 Å². The number of aromatic nitrogens is 1. The quantitative estimate of drug-likeness (QED) is 0.269. The van der Waals surface area contributed by atoms with Crippen LogP contribution in [0.15, 0.2) is 59.5 Å². The Hall–Kier alpha value is -4.93. The van der Waals surface area contributed by atoms with E-state index >= 15 is 0 Å². The lowest BCUT2D eigenvalue weighted by atomic mass is 9.83. The fraction of sp³-hybridized carbons (Fsp3) is 0.0870. The molecule has 1 N–H and O–H groups in total.